The minimum absolute atomic E-state index is 0.00687. The Hall–Kier alpha value is -2.69. The summed E-state index contributed by atoms with van der Waals surface area (Å²) >= 11 is 0. The standard InChI is InChI=1S/C22H24N2O6S2/c1-24(18-5-3-2-4-6-18)32(28,29)19-10-8-17(9-11-19)23-31(26,27)20-12-13-21-16(15-20)7-14-22(25)30-21/h7-15,18,23H,2-6H2,1H3. The number of nitrogens with zero attached hydrogens (tertiary/aromatic N) is 1. The number of anilines is 1. The quantitative estimate of drug-likeness (QED) is 0.544. The highest BCUT2D eigenvalue weighted by Crippen LogP contribution is 2.27. The fraction of sp³-hybridized carbons (Fsp3) is 0.318. The van der Waals surface area contributed by atoms with Crippen LogP contribution in [-0.2, 0) is 20.0 Å². The van der Waals surface area contributed by atoms with Crippen molar-refractivity contribution < 1.29 is 21.3 Å². The zero-order valence-electron chi connectivity index (χ0n) is 17.5. The third-order valence-corrected chi connectivity index (χ3v) is 9.08. The van der Waals surface area contributed by atoms with Crippen molar-refractivity contribution >= 4 is 36.7 Å². The Kier molecular flexibility index (Phi) is 6.11. The Labute approximate surface area is 187 Å². The molecular formula is C22H24N2O6S2. The monoisotopic (exact) mass is 476 g/mol. The summed E-state index contributed by atoms with van der Waals surface area (Å²) in [5.74, 6) is 0. The number of hydrogen-bond donors (Lipinski definition) is 1. The number of rotatable bonds is 6. The third-order valence-electron chi connectivity index (χ3n) is 5.77. The van der Waals surface area contributed by atoms with Crippen molar-refractivity contribution in [1.29, 1.82) is 0 Å². The average molecular weight is 477 g/mol. The van der Waals surface area contributed by atoms with Crippen LogP contribution in [0.2, 0.25) is 0 Å². The highest BCUT2D eigenvalue weighted by molar-refractivity contribution is 7.92. The average Bonchev–Trinajstić information content (AvgIpc) is 2.78. The topological polar surface area (TPSA) is 114 Å². The maximum Gasteiger partial charge on any atom is 0.336 e. The van der Waals surface area contributed by atoms with Crippen LogP contribution in [0.3, 0.4) is 0 Å². The molecule has 1 heterocycles. The maximum atomic E-state index is 13.0. The molecule has 1 aliphatic carbocycles. The number of fused-ring (bicyclic) bond motifs is 1. The number of sulfonamides is 2. The van der Waals surface area contributed by atoms with Crippen LogP contribution >= 0.6 is 0 Å². The highest BCUT2D eigenvalue weighted by atomic mass is 32.2. The second-order valence-corrected chi connectivity index (χ2v) is 11.6. The molecule has 0 radical (unpaired) electrons. The van der Waals surface area contributed by atoms with E-state index >= 15 is 0 Å². The van der Waals surface area contributed by atoms with Crippen molar-refractivity contribution in [3.63, 3.8) is 0 Å². The van der Waals surface area contributed by atoms with E-state index in [1.807, 2.05) is 0 Å². The van der Waals surface area contributed by atoms with Gasteiger partial charge in [-0.3, -0.25) is 4.72 Å². The van der Waals surface area contributed by atoms with E-state index in [4.69, 9.17) is 4.42 Å². The first-order chi connectivity index (χ1) is 15.2. The van der Waals surface area contributed by atoms with Crippen LogP contribution in [0.25, 0.3) is 11.0 Å². The molecule has 0 bridgehead atoms. The second-order valence-electron chi connectivity index (χ2n) is 7.90. The summed E-state index contributed by atoms with van der Waals surface area (Å²) in [6.45, 7) is 0. The normalized spacial score (nSPS) is 15.8. The van der Waals surface area contributed by atoms with Gasteiger partial charge in [-0.05, 0) is 61.4 Å². The lowest BCUT2D eigenvalue weighted by atomic mass is 9.96. The molecule has 2 aromatic carbocycles. The van der Waals surface area contributed by atoms with Crippen molar-refractivity contribution in [3.05, 3.63) is 65.0 Å². The largest absolute Gasteiger partial charge is 0.423 e. The van der Waals surface area contributed by atoms with Crippen LogP contribution < -0.4 is 10.3 Å². The third kappa shape index (κ3) is 4.57. The lowest BCUT2D eigenvalue weighted by Gasteiger charge is -2.30. The summed E-state index contributed by atoms with van der Waals surface area (Å²) in [4.78, 5) is 11.4. The maximum absolute atomic E-state index is 13.0. The van der Waals surface area contributed by atoms with Crippen molar-refractivity contribution in [3.8, 4) is 0 Å². The zero-order valence-corrected chi connectivity index (χ0v) is 19.2. The molecule has 1 N–H and O–H groups in total. The predicted molar refractivity (Wildman–Crippen MR) is 122 cm³/mol. The van der Waals surface area contributed by atoms with Crippen LogP contribution in [0.1, 0.15) is 32.1 Å². The summed E-state index contributed by atoms with van der Waals surface area (Å²) in [5.41, 5.74) is 0.00691. The van der Waals surface area contributed by atoms with Gasteiger partial charge in [-0.2, -0.15) is 4.31 Å². The predicted octanol–water partition coefficient (Wildman–Crippen LogP) is 3.55. The van der Waals surface area contributed by atoms with Gasteiger partial charge in [0.15, 0.2) is 0 Å². The molecule has 0 aliphatic heterocycles. The Morgan fingerprint density at radius 3 is 2.22 bits per heavy atom. The molecule has 8 nitrogen and oxygen atoms in total. The number of benzene rings is 2. The summed E-state index contributed by atoms with van der Waals surface area (Å²) < 4.78 is 60.4. The van der Waals surface area contributed by atoms with Gasteiger partial charge in [-0.1, -0.05) is 19.3 Å². The van der Waals surface area contributed by atoms with Gasteiger partial charge >= 0.3 is 5.63 Å². The van der Waals surface area contributed by atoms with Gasteiger partial charge in [0.05, 0.1) is 9.79 Å². The highest BCUT2D eigenvalue weighted by Gasteiger charge is 2.29. The number of nitrogens with one attached hydrogen (secondary N) is 1. The Bertz CT molecular complexity index is 1390. The van der Waals surface area contributed by atoms with Crippen molar-refractivity contribution in [2.45, 2.75) is 47.9 Å². The molecule has 3 aromatic rings. The summed E-state index contributed by atoms with van der Waals surface area (Å²) in [5, 5.41) is 0.472. The lowest BCUT2D eigenvalue weighted by Crippen LogP contribution is -2.38. The van der Waals surface area contributed by atoms with Gasteiger partial charge < -0.3 is 4.42 Å². The lowest BCUT2D eigenvalue weighted by molar-refractivity contribution is 0.286. The van der Waals surface area contributed by atoms with E-state index in [2.05, 4.69) is 4.72 Å². The summed E-state index contributed by atoms with van der Waals surface area (Å²) in [6.07, 6.45) is 4.87. The molecule has 170 valence electrons. The van der Waals surface area contributed by atoms with Gasteiger partial charge in [0, 0.05) is 30.2 Å². The van der Waals surface area contributed by atoms with Crippen LogP contribution in [-0.4, -0.2) is 34.2 Å². The smallest absolute Gasteiger partial charge is 0.336 e. The molecular weight excluding hydrogens is 452 g/mol. The molecule has 1 saturated carbocycles. The molecule has 4 rings (SSSR count). The van der Waals surface area contributed by atoms with Gasteiger partial charge in [-0.25, -0.2) is 21.6 Å². The molecule has 0 atom stereocenters. The van der Waals surface area contributed by atoms with Crippen molar-refractivity contribution in [2.24, 2.45) is 0 Å². The Morgan fingerprint density at radius 1 is 0.875 bits per heavy atom. The van der Waals surface area contributed by atoms with E-state index in [-0.39, 0.29) is 27.1 Å². The molecule has 1 fully saturated rings. The van der Waals surface area contributed by atoms with Crippen LogP contribution in [0.5, 0.6) is 0 Å². The minimum atomic E-state index is -3.93. The molecule has 1 aliphatic rings. The van der Waals surface area contributed by atoms with Gasteiger partial charge in [-0.15, -0.1) is 0 Å². The fourth-order valence-electron chi connectivity index (χ4n) is 3.93. The SMILES string of the molecule is CN(C1CCCCC1)S(=O)(=O)c1ccc(NS(=O)(=O)c2ccc3oc(=O)ccc3c2)cc1. The molecule has 0 amide bonds. The first-order valence-corrected chi connectivity index (χ1v) is 13.2. The van der Waals surface area contributed by atoms with E-state index in [0.29, 0.717) is 5.39 Å². The van der Waals surface area contributed by atoms with E-state index < -0.39 is 25.7 Å². The van der Waals surface area contributed by atoms with Gasteiger partial charge in [0.25, 0.3) is 10.0 Å². The summed E-state index contributed by atoms with van der Waals surface area (Å²) in [7, 11) is -5.98. The first-order valence-electron chi connectivity index (χ1n) is 10.3. The van der Waals surface area contributed by atoms with Crippen molar-refractivity contribution in [1.82, 2.24) is 4.31 Å². The molecule has 0 spiro atoms. The van der Waals surface area contributed by atoms with Gasteiger partial charge in [0.2, 0.25) is 10.0 Å². The minimum Gasteiger partial charge on any atom is -0.423 e. The molecule has 10 heteroatoms. The Morgan fingerprint density at radius 2 is 1.53 bits per heavy atom. The van der Waals surface area contributed by atoms with E-state index in [0.717, 1.165) is 32.1 Å². The van der Waals surface area contributed by atoms with Crippen molar-refractivity contribution in [2.75, 3.05) is 11.8 Å². The first kappa shape index (κ1) is 22.5. The van der Waals surface area contributed by atoms with Crippen LogP contribution in [0.4, 0.5) is 5.69 Å². The van der Waals surface area contributed by atoms with Crippen LogP contribution in [0, 0.1) is 0 Å². The molecule has 0 unspecified atom stereocenters. The van der Waals surface area contributed by atoms with E-state index in [9.17, 15) is 21.6 Å². The molecule has 1 aromatic heterocycles. The second kappa shape index (κ2) is 8.68. The van der Waals surface area contributed by atoms with E-state index in [1.165, 1.54) is 58.9 Å². The van der Waals surface area contributed by atoms with E-state index in [1.54, 1.807) is 7.05 Å². The van der Waals surface area contributed by atoms with Crippen LogP contribution in [0.15, 0.2) is 73.6 Å². The molecule has 32 heavy (non-hydrogen) atoms. The Balaban J connectivity index is 1.54. The fourth-order valence-corrected chi connectivity index (χ4v) is 6.44. The number of hydrogen-bond acceptors (Lipinski definition) is 6. The molecule has 0 saturated heterocycles. The summed E-state index contributed by atoms with van der Waals surface area (Å²) in [6, 6.07) is 12.5. The zero-order chi connectivity index (χ0) is 22.9. The van der Waals surface area contributed by atoms with Gasteiger partial charge in [0.1, 0.15) is 5.58 Å².